The molecule has 0 spiro atoms. The van der Waals surface area contributed by atoms with Crippen molar-refractivity contribution in [3.8, 4) is 0 Å². The van der Waals surface area contributed by atoms with Crippen molar-refractivity contribution in [3.63, 3.8) is 0 Å². The highest BCUT2D eigenvalue weighted by Gasteiger charge is 2.43. The summed E-state index contributed by atoms with van der Waals surface area (Å²) in [6.07, 6.45) is 3.75. The van der Waals surface area contributed by atoms with Gasteiger partial charge in [-0.2, -0.15) is 0 Å². The fourth-order valence-electron chi connectivity index (χ4n) is 4.34. The van der Waals surface area contributed by atoms with Gasteiger partial charge in [-0.1, -0.05) is 48.5 Å². The van der Waals surface area contributed by atoms with E-state index < -0.39 is 0 Å². The van der Waals surface area contributed by atoms with Gasteiger partial charge in [0.25, 0.3) is 11.8 Å². The number of likely N-dealkylation sites (tertiary alicyclic amines) is 1. The molecule has 2 aliphatic rings. The van der Waals surface area contributed by atoms with Crippen LogP contribution in [0.5, 0.6) is 0 Å². The minimum absolute atomic E-state index is 0.0856. The lowest BCUT2D eigenvalue weighted by molar-refractivity contribution is -0.132. The van der Waals surface area contributed by atoms with Crippen LogP contribution in [0.1, 0.15) is 39.1 Å². The molecule has 1 saturated heterocycles. The molecule has 0 aliphatic carbocycles. The first-order valence-electron chi connectivity index (χ1n) is 10.0. The summed E-state index contributed by atoms with van der Waals surface area (Å²) in [7, 11) is 0. The third-order valence-corrected chi connectivity index (χ3v) is 5.84. The molecule has 2 aromatic rings. The fourth-order valence-corrected chi connectivity index (χ4v) is 4.34. The van der Waals surface area contributed by atoms with E-state index in [-0.39, 0.29) is 36.2 Å². The Bertz CT molecular complexity index is 919. The first-order valence-corrected chi connectivity index (χ1v) is 10.0. The lowest BCUT2D eigenvalue weighted by Gasteiger charge is -2.28. The van der Waals surface area contributed by atoms with Gasteiger partial charge < -0.3 is 4.90 Å². The summed E-state index contributed by atoms with van der Waals surface area (Å²) in [5, 5.41) is 0. The van der Waals surface area contributed by atoms with Crippen LogP contribution in [0.3, 0.4) is 0 Å². The van der Waals surface area contributed by atoms with E-state index in [9.17, 15) is 14.4 Å². The van der Waals surface area contributed by atoms with Gasteiger partial charge in [-0.15, -0.1) is 6.58 Å². The molecule has 2 aromatic carbocycles. The number of amides is 3. The molecule has 0 N–H and O–H groups in total. The summed E-state index contributed by atoms with van der Waals surface area (Å²) in [5.74, 6) is -0.590. The third-order valence-electron chi connectivity index (χ3n) is 5.84. The second kappa shape index (κ2) is 8.03. The summed E-state index contributed by atoms with van der Waals surface area (Å²) in [4.78, 5) is 41.6. The molecule has 2 unspecified atom stereocenters. The second-order valence-corrected chi connectivity index (χ2v) is 7.64. The number of nitrogens with zero attached hydrogens (tertiary/aromatic N) is 2. The van der Waals surface area contributed by atoms with Crippen LogP contribution in [-0.4, -0.2) is 46.7 Å². The molecule has 5 heteroatoms. The third kappa shape index (κ3) is 3.60. The Morgan fingerprint density at radius 1 is 0.931 bits per heavy atom. The van der Waals surface area contributed by atoms with Crippen molar-refractivity contribution in [1.82, 2.24) is 9.80 Å². The van der Waals surface area contributed by atoms with Crippen LogP contribution in [0.4, 0.5) is 0 Å². The number of imide groups is 1. The standard InChI is InChI=1S/C24H24N2O3/c1-2-8-18-15-19(25(22(18)27)14-13-17-9-4-3-5-10-17)16-26-23(28)20-11-6-7-12-21(20)24(26)29/h2-7,9-12,18-19H,1,8,13-16H2. The van der Waals surface area contributed by atoms with Gasteiger partial charge in [-0.3, -0.25) is 19.3 Å². The van der Waals surface area contributed by atoms with E-state index >= 15 is 0 Å². The maximum atomic E-state index is 13.0. The molecule has 29 heavy (non-hydrogen) atoms. The Labute approximate surface area is 170 Å². The highest BCUT2D eigenvalue weighted by atomic mass is 16.2. The van der Waals surface area contributed by atoms with Crippen LogP contribution in [-0.2, 0) is 11.2 Å². The number of benzene rings is 2. The Morgan fingerprint density at radius 2 is 1.55 bits per heavy atom. The first kappa shape index (κ1) is 19.1. The van der Waals surface area contributed by atoms with Gasteiger partial charge in [0, 0.05) is 19.0 Å². The van der Waals surface area contributed by atoms with E-state index in [1.165, 1.54) is 4.90 Å². The predicted octanol–water partition coefficient (Wildman–Crippen LogP) is 3.32. The summed E-state index contributed by atoms with van der Waals surface area (Å²) in [6.45, 7) is 4.58. The molecule has 2 atom stereocenters. The molecule has 5 nitrogen and oxygen atoms in total. The van der Waals surface area contributed by atoms with Gasteiger partial charge >= 0.3 is 0 Å². The maximum Gasteiger partial charge on any atom is 0.261 e. The zero-order valence-corrected chi connectivity index (χ0v) is 16.3. The van der Waals surface area contributed by atoms with Crippen molar-refractivity contribution < 1.29 is 14.4 Å². The van der Waals surface area contributed by atoms with E-state index in [0.717, 1.165) is 12.0 Å². The van der Waals surface area contributed by atoms with Crippen molar-refractivity contribution in [1.29, 1.82) is 0 Å². The number of carbonyl (C=O) groups is 3. The molecule has 3 amide bonds. The average Bonchev–Trinajstić information content (AvgIpc) is 3.17. The number of fused-ring (bicyclic) bond motifs is 1. The molecule has 0 saturated carbocycles. The lowest BCUT2D eigenvalue weighted by atomic mass is 10.0. The zero-order valence-electron chi connectivity index (χ0n) is 16.3. The largest absolute Gasteiger partial charge is 0.337 e. The lowest BCUT2D eigenvalue weighted by Crippen LogP contribution is -2.44. The molecule has 0 aromatic heterocycles. The predicted molar refractivity (Wildman–Crippen MR) is 110 cm³/mol. The molecule has 148 valence electrons. The van der Waals surface area contributed by atoms with Crippen LogP contribution in [0.25, 0.3) is 0 Å². The van der Waals surface area contributed by atoms with Crippen LogP contribution < -0.4 is 0 Å². The number of hydrogen-bond acceptors (Lipinski definition) is 3. The number of hydrogen-bond donors (Lipinski definition) is 0. The summed E-state index contributed by atoms with van der Waals surface area (Å²) >= 11 is 0. The van der Waals surface area contributed by atoms with Gasteiger partial charge in [0.2, 0.25) is 5.91 Å². The van der Waals surface area contributed by atoms with Crippen molar-refractivity contribution in [2.24, 2.45) is 5.92 Å². The van der Waals surface area contributed by atoms with E-state index in [2.05, 4.69) is 6.58 Å². The first-order chi connectivity index (χ1) is 14.1. The summed E-state index contributed by atoms with van der Waals surface area (Å²) < 4.78 is 0. The zero-order chi connectivity index (χ0) is 20.4. The van der Waals surface area contributed by atoms with Crippen LogP contribution in [0, 0.1) is 5.92 Å². The van der Waals surface area contributed by atoms with Gasteiger partial charge in [0.1, 0.15) is 0 Å². The van der Waals surface area contributed by atoms with Crippen LogP contribution in [0.2, 0.25) is 0 Å². The molecule has 0 radical (unpaired) electrons. The topological polar surface area (TPSA) is 57.7 Å². The van der Waals surface area contributed by atoms with Gasteiger partial charge in [0.05, 0.1) is 17.2 Å². The minimum Gasteiger partial charge on any atom is -0.337 e. The van der Waals surface area contributed by atoms with E-state index in [4.69, 9.17) is 0 Å². The normalized spacial score (nSPS) is 21.0. The summed E-state index contributed by atoms with van der Waals surface area (Å²) in [5.41, 5.74) is 2.05. The van der Waals surface area contributed by atoms with E-state index in [1.54, 1.807) is 30.3 Å². The van der Waals surface area contributed by atoms with Gasteiger partial charge in [-0.25, -0.2) is 0 Å². The Balaban J connectivity index is 1.52. The Kier molecular flexibility index (Phi) is 5.30. The number of rotatable bonds is 7. The van der Waals surface area contributed by atoms with Crippen LogP contribution >= 0.6 is 0 Å². The SMILES string of the molecule is C=CCC1CC(CN2C(=O)c3ccccc3C2=O)N(CCc2ccccc2)C1=O. The molecule has 0 bridgehead atoms. The maximum absolute atomic E-state index is 13.0. The highest BCUT2D eigenvalue weighted by Crippen LogP contribution is 2.31. The van der Waals surface area contributed by atoms with Crippen molar-refractivity contribution in [2.45, 2.75) is 25.3 Å². The molecule has 4 rings (SSSR count). The monoisotopic (exact) mass is 388 g/mol. The molecule has 2 heterocycles. The fraction of sp³-hybridized carbons (Fsp3) is 0.292. The quantitative estimate of drug-likeness (QED) is 0.540. The number of allylic oxidation sites excluding steroid dienone is 1. The molecular weight excluding hydrogens is 364 g/mol. The van der Waals surface area contributed by atoms with E-state index in [1.807, 2.05) is 35.2 Å². The average molecular weight is 388 g/mol. The van der Waals surface area contributed by atoms with Crippen molar-refractivity contribution in [2.75, 3.05) is 13.1 Å². The molecule has 2 aliphatic heterocycles. The van der Waals surface area contributed by atoms with Crippen molar-refractivity contribution >= 4 is 17.7 Å². The smallest absolute Gasteiger partial charge is 0.261 e. The number of carbonyl (C=O) groups excluding carboxylic acids is 3. The Hall–Kier alpha value is -3.21. The molecule has 1 fully saturated rings. The molecular formula is C24H24N2O3. The van der Waals surface area contributed by atoms with Crippen LogP contribution in [0.15, 0.2) is 67.3 Å². The Morgan fingerprint density at radius 3 is 2.17 bits per heavy atom. The summed E-state index contributed by atoms with van der Waals surface area (Å²) in [6, 6.07) is 16.7. The second-order valence-electron chi connectivity index (χ2n) is 7.64. The van der Waals surface area contributed by atoms with Gasteiger partial charge in [0.15, 0.2) is 0 Å². The van der Waals surface area contributed by atoms with Crippen molar-refractivity contribution in [3.05, 3.63) is 83.9 Å². The van der Waals surface area contributed by atoms with E-state index in [0.29, 0.717) is 30.5 Å². The highest BCUT2D eigenvalue weighted by molar-refractivity contribution is 6.21. The van der Waals surface area contributed by atoms with Gasteiger partial charge in [-0.05, 0) is 37.0 Å². The minimum atomic E-state index is -0.270.